The minimum absolute atomic E-state index is 0.219. The van der Waals surface area contributed by atoms with Crippen molar-refractivity contribution in [1.82, 2.24) is 0 Å². The normalized spacial score (nSPS) is 24.1. The van der Waals surface area contributed by atoms with Crippen LogP contribution >= 0.6 is 0 Å². The summed E-state index contributed by atoms with van der Waals surface area (Å²) >= 11 is 0. The van der Waals surface area contributed by atoms with Crippen molar-refractivity contribution in [2.75, 3.05) is 14.2 Å². The van der Waals surface area contributed by atoms with E-state index in [1.165, 1.54) is 30.4 Å². The molecule has 0 N–H and O–H groups in total. The molecule has 2 aliphatic rings. The summed E-state index contributed by atoms with van der Waals surface area (Å²) in [6.45, 7) is 2.28. The van der Waals surface area contributed by atoms with Crippen molar-refractivity contribution in [2.45, 2.75) is 44.9 Å². The maximum Gasteiger partial charge on any atom is 0.164 e. The average Bonchev–Trinajstić information content (AvgIpc) is 3.09. The van der Waals surface area contributed by atoms with Gasteiger partial charge in [0.05, 0.1) is 14.2 Å². The molecule has 1 aromatic rings. The Morgan fingerprint density at radius 2 is 2.00 bits per heavy atom. The molecule has 1 fully saturated rings. The lowest BCUT2D eigenvalue weighted by Crippen LogP contribution is -2.07. The lowest BCUT2D eigenvalue weighted by atomic mass is 9.86. The van der Waals surface area contributed by atoms with Crippen LogP contribution in [0.2, 0.25) is 0 Å². The van der Waals surface area contributed by atoms with Crippen LogP contribution in [-0.2, 0) is 4.79 Å². The molecular formula is C22H28O3. The van der Waals surface area contributed by atoms with E-state index in [1.54, 1.807) is 20.3 Å². The molecule has 134 valence electrons. The highest BCUT2D eigenvalue weighted by atomic mass is 16.5. The lowest BCUT2D eigenvalue weighted by Gasteiger charge is -2.21. The second-order valence-electron chi connectivity index (χ2n) is 7.30. The first kappa shape index (κ1) is 17.8. The number of ether oxygens (including phenoxy) is 2. The molecule has 3 heteroatoms. The summed E-state index contributed by atoms with van der Waals surface area (Å²) in [5, 5.41) is 0. The third kappa shape index (κ3) is 3.97. The van der Waals surface area contributed by atoms with Gasteiger partial charge in [0.2, 0.25) is 0 Å². The van der Waals surface area contributed by atoms with E-state index in [9.17, 15) is 4.79 Å². The zero-order chi connectivity index (χ0) is 17.8. The van der Waals surface area contributed by atoms with Crippen LogP contribution in [0, 0.1) is 11.8 Å². The molecule has 1 aromatic carbocycles. The second kappa shape index (κ2) is 7.90. The fourth-order valence-corrected chi connectivity index (χ4v) is 4.37. The molecule has 3 nitrogen and oxygen atoms in total. The van der Waals surface area contributed by atoms with Crippen LogP contribution in [-0.4, -0.2) is 20.0 Å². The van der Waals surface area contributed by atoms with Crippen LogP contribution < -0.4 is 9.47 Å². The summed E-state index contributed by atoms with van der Waals surface area (Å²) in [6, 6.07) is 6.14. The largest absolute Gasteiger partial charge is 0.493 e. The van der Waals surface area contributed by atoms with Crippen LogP contribution in [0.3, 0.4) is 0 Å². The van der Waals surface area contributed by atoms with E-state index in [1.807, 2.05) is 18.2 Å². The first-order valence-corrected chi connectivity index (χ1v) is 9.24. The molecular weight excluding hydrogens is 312 g/mol. The highest BCUT2D eigenvalue weighted by Gasteiger charge is 2.29. The van der Waals surface area contributed by atoms with E-state index >= 15 is 0 Å². The number of ketones is 1. The molecule has 1 saturated carbocycles. The van der Waals surface area contributed by atoms with Gasteiger partial charge in [-0.3, -0.25) is 4.79 Å². The van der Waals surface area contributed by atoms with E-state index in [2.05, 4.69) is 19.1 Å². The van der Waals surface area contributed by atoms with Crippen LogP contribution in [0.5, 0.6) is 11.5 Å². The molecule has 1 unspecified atom stereocenters. The number of benzene rings is 1. The monoisotopic (exact) mass is 340 g/mol. The maximum absolute atomic E-state index is 11.3. The van der Waals surface area contributed by atoms with E-state index < -0.39 is 0 Å². The van der Waals surface area contributed by atoms with Crippen molar-refractivity contribution in [3.05, 3.63) is 47.6 Å². The number of para-hydroxylation sites is 1. The maximum atomic E-state index is 11.3. The average molecular weight is 340 g/mol. The molecule has 0 radical (unpaired) electrons. The number of rotatable bonds is 6. The predicted molar refractivity (Wildman–Crippen MR) is 100 cm³/mol. The van der Waals surface area contributed by atoms with Gasteiger partial charge in [-0.25, -0.2) is 0 Å². The van der Waals surface area contributed by atoms with Gasteiger partial charge in [0.1, 0.15) is 0 Å². The number of hydrogen-bond donors (Lipinski definition) is 0. The van der Waals surface area contributed by atoms with Gasteiger partial charge in [-0.05, 0) is 61.2 Å². The van der Waals surface area contributed by atoms with Gasteiger partial charge < -0.3 is 9.47 Å². The van der Waals surface area contributed by atoms with Gasteiger partial charge in [0.25, 0.3) is 0 Å². The molecule has 0 amide bonds. The summed E-state index contributed by atoms with van der Waals surface area (Å²) < 4.78 is 11.0. The topological polar surface area (TPSA) is 35.5 Å². The fraction of sp³-hybridized carbons (Fsp3) is 0.500. The van der Waals surface area contributed by atoms with E-state index in [0.29, 0.717) is 18.3 Å². The summed E-state index contributed by atoms with van der Waals surface area (Å²) in [4.78, 5) is 11.3. The summed E-state index contributed by atoms with van der Waals surface area (Å²) in [7, 11) is 3.40. The first-order valence-electron chi connectivity index (χ1n) is 9.24. The van der Waals surface area contributed by atoms with E-state index in [4.69, 9.17) is 9.47 Å². The highest BCUT2D eigenvalue weighted by Crippen LogP contribution is 2.44. The first-order chi connectivity index (χ1) is 12.1. The Morgan fingerprint density at radius 1 is 1.16 bits per heavy atom. The Labute approximate surface area is 150 Å². The zero-order valence-electron chi connectivity index (χ0n) is 15.5. The Balaban J connectivity index is 1.64. The summed E-state index contributed by atoms with van der Waals surface area (Å²) in [5.41, 5.74) is 2.60. The quantitative estimate of drug-likeness (QED) is 0.725. The Hall–Kier alpha value is -2.03. The van der Waals surface area contributed by atoms with Crippen molar-refractivity contribution in [3.8, 4) is 11.5 Å². The van der Waals surface area contributed by atoms with Crippen molar-refractivity contribution >= 4 is 5.78 Å². The molecule has 0 saturated heterocycles. The number of methoxy groups -OCH3 is 2. The van der Waals surface area contributed by atoms with Crippen LogP contribution in [0.25, 0.3) is 0 Å². The SMILES string of the molecule is COc1cccc([C@@H](C)CC2CC[C@H](C3=CCC(=O)C=C3)C2)c1OC. The molecule has 0 spiro atoms. The third-order valence-electron chi connectivity index (χ3n) is 5.66. The smallest absolute Gasteiger partial charge is 0.164 e. The van der Waals surface area contributed by atoms with Crippen molar-refractivity contribution in [2.24, 2.45) is 11.8 Å². The highest BCUT2D eigenvalue weighted by molar-refractivity contribution is 5.92. The van der Waals surface area contributed by atoms with Gasteiger partial charge in [-0.2, -0.15) is 0 Å². The van der Waals surface area contributed by atoms with Crippen molar-refractivity contribution in [3.63, 3.8) is 0 Å². The molecule has 0 heterocycles. The van der Waals surface area contributed by atoms with Gasteiger partial charge in [0, 0.05) is 12.0 Å². The van der Waals surface area contributed by atoms with Crippen molar-refractivity contribution in [1.29, 1.82) is 0 Å². The molecule has 3 atom stereocenters. The van der Waals surface area contributed by atoms with E-state index in [0.717, 1.165) is 23.8 Å². The van der Waals surface area contributed by atoms with E-state index in [-0.39, 0.29) is 5.78 Å². The molecule has 0 bridgehead atoms. The van der Waals surface area contributed by atoms with Gasteiger partial charge >= 0.3 is 0 Å². The van der Waals surface area contributed by atoms with Gasteiger partial charge in [-0.1, -0.05) is 31.2 Å². The predicted octanol–water partition coefficient (Wildman–Crippen LogP) is 5.07. The van der Waals surface area contributed by atoms with Crippen LogP contribution in [0.1, 0.15) is 50.5 Å². The number of carbonyl (C=O) groups excluding carboxylic acids is 1. The van der Waals surface area contributed by atoms with Crippen LogP contribution in [0.4, 0.5) is 0 Å². The fourth-order valence-electron chi connectivity index (χ4n) is 4.37. The Morgan fingerprint density at radius 3 is 2.68 bits per heavy atom. The minimum Gasteiger partial charge on any atom is -0.493 e. The summed E-state index contributed by atoms with van der Waals surface area (Å²) in [5.74, 6) is 3.67. The minimum atomic E-state index is 0.219. The standard InChI is InChI=1S/C22H28O3/c1-15(20-5-4-6-21(24-2)22(20)25-3)13-16-7-8-18(14-16)17-9-11-19(23)12-10-17/h4-6,9-11,15-16,18H,7-8,12-14H2,1-3H3/t15-,16?,18-/m0/s1. The van der Waals surface area contributed by atoms with Crippen molar-refractivity contribution < 1.29 is 14.3 Å². The van der Waals surface area contributed by atoms with Gasteiger partial charge in [-0.15, -0.1) is 0 Å². The molecule has 25 heavy (non-hydrogen) atoms. The molecule has 3 rings (SSSR count). The Kier molecular flexibility index (Phi) is 5.62. The number of allylic oxidation sites excluding steroid dienone is 4. The Bertz CT molecular complexity index is 687. The zero-order valence-corrected chi connectivity index (χ0v) is 15.5. The van der Waals surface area contributed by atoms with Crippen LogP contribution in [0.15, 0.2) is 42.0 Å². The molecule has 2 aliphatic carbocycles. The second-order valence-corrected chi connectivity index (χ2v) is 7.30. The summed E-state index contributed by atoms with van der Waals surface area (Å²) in [6.07, 6.45) is 11.4. The lowest BCUT2D eigenvalue weighted by molar-refractivity contribution is -0.113. The van der Waals surface area contributed by atoms with Gasteiger partial charge in [0.15, 0.2) is 17.3 Å². The molecule has 0 aliphatic heterocycles. The number of hydrogen-bond acceptors (Lipinski definition) is 3. The third-order valence-corrected chi connectivity index (χ3v) is 5.66. The molecule has 0 aromatic heterocycles. The number of carbonyl (C=O) groups is 1.